The summed E-state index contributed by atoms with van der Waals surface area (Å²) in [6, 6.07) is 8.27. The van der Waals surface area contributed by atoms with Crippen molar-refractivity contribution in [3.05, 3.63) is 57.3 Å². The molecule has 0 saturated heterocycles. The van der Waals surface area contributed by atoms with Crippen LogP contribution in [0.4, 0.5) is 0 Å². The van der Waals surface area contributed by atoms with E-state index in [1.54, 1.807) is 0 Å². The molecular formula is C20H25N3O2. The van der Waals surface area contributed by atoms with Crippen molar-refractivity contribution in [1.82, 2.24) is 14.9 Å². The predicted octanol–water partition coefficient (Wildman–Crippen LogP) is 2.99. The molecule has 0 radical (unpaired) electrons. The third-order valence-corrected chi connectivity index (χ3v) is 4.93. The summed E-state index contributed by atoms with van der Waals surface area (Å²) >= 11 is 0. The standard InChI is InChI=1S/C20H25N3O2/c1-2-11-25-16-7-3-14(4-8-16)12-23-10-9-18-17(13-23)20(24)22-19(21-18)15-5-6-15/h3-4,7-8,15H,2,5-6,9-13H2,1H3,(H,21,22,24). The van der Waals surface area contributed by atoms with Crippen LogP contribution in [0.5, 0.6) is 5.75 Å². The first-order valence-corrected chi connectivity index (χ1v) is 9.29. The molecule has 5 nitrogen and oxygen atoms in total. The van der Waals surface area contributed by atoms with Crippen LogP contribution in [0.15, 0.2) is 29.1 Å². The molecule has 1 aromatic heterocycles. The molecule has 2 aromatic rings. The zero-order chi connectivity index (χ0) is 17.2. The average molecular weight is 339 g/mol. The van der Waals surface area contributed by atoms with E-state index >= 15 is 0 Å². The van der Waals surface area contributed by atoms with E-state index < -0.39 is 0 Å². The molecular weight excluding hydrogens is 314 g/mol. The number of nitrogens with zero attached hydrogens (tertiary/aromatic N) is 2. The third-order valence-electron chi connectivity index (χ3n) is 4.93. The molecule has 2 heterocycles. The summed E-state index contributed by atoms with van der Waals surface area (Å²) in [5, 5.41) is 0. The van der Waals surface area contributed by atoms with Gasteiger partial charge in [0.25, 0.3) is 5.56 Å². The maximum atomic E-state index is 12.4. The molecule has 5 heteroatoms. The summed E-state index contributed by atoms with van der Waals surface area (Å²) in [7, 11) is 0. The summed E-state index contributed by atoms with van der Waals surface area (Å²) in [5.41, 5.74) is 3.15. The van der Waals surface area contributed by atoms with E-state index in [1.807, 2.05) is 12.1 Å². The second-order valence-electron chi connectivity index (χ2n) is 7.10. The van der Waals surface area contributed by atoms with Gasteiger partial charge >= 0.3 is 0 Å². The first kappa shape index (κ1) is 16.3. The van der Waals surface area contributed by atoms with Crippen LogP contribution in [0.2, 0.25) is 0 Å². The SMILES string of the molecule is CCCOc1ccc(CN2CCc3nc(C4CC4)[nH]c(=O)c3C2)cc1. The fraction of sp³-hybridized carbons (Fsp3) is 0.500. The summed E-state index contributed by atoms with van der Waals surface area (Å²) in [6.07, 6.45) is 4.19. The van der Waals surface area contributed by atoms with E-state index in [1.165, 1.54) is 5.56 Å². The Kier molecular flexibility index (Phi) is 4.57. The lowest BCUT2D eigenvalue weighted by molar-refractivity contribution is 0.241. The van der Waals surface area contributed by atoms with E-state index in [-0.39, 0.29) is 5.56 Å². The minimum absolute atomic E-state index is 0.0555. The van der Waals surface area contributed by atoms with Gasteiger partial charge in [-0.15, -0.1) is 0 Å². The quantitative estimate of drug-likeness (QED) is 0.879. The van der Waals surface area contributed by atoms with E-state index in [9.17, 15) is 4.79 Å². The zero-order valence-electron chi connectivity index (χ0n) is 14.8. The average Bonchev–Trinajstić information content (AvgIpc) is 3.47. The van der Waals surface area contributed by atoms with E-state index in [0.717, 1.165) is 68.2 Å². The predicted molar refractivity (Wildman–Crippen MR) is 96.9 cm³/mol. The Morgan fingerprint density at radius 3 is 2.80 bits per heavy atom. The van der Waals surface area contributed by atoms with Crippen molar-refractivity contribution < 1.29 is 4.74 Å². The largest absolute Gasteiger partial charge is 0.494 e. The third kappa shape index (κ3) is 3.76. The number of aromatic nitrogens is 2. The molecule has 1 saturated carbocycles. The summed E-state index contributed by atoms with van der Waals surface area (Å²) in [4.78, 5) is 22.5. The molecule has 0 bridgehead atoms. The van der Waals surface area contributed by atoms with Crippen molar-refractivity contribution >= 4 is 0 Å². The van der Waals surface area contributed by atoms with Crippen LogP contribution in [0.3, 0.4) is 0 Å². The maximum Gasteiger partial charge on any atom is 0.255 e. The van der Waals surface area contributed by atoms with Crippen molar-refractivity contribution in [2.24, 2.45) is 0 Å². The molecule has 4 rings (SSSR count). The van der Waals surface area contributed by atoms with E-state index in [4.69, 9.17) is 9.72 Å². The topological polar surface area (TPSA) is 58.2 Å². The van der Waals surface area contributed by atoms with E-state index in [0.29, 0.717) is 12.5 Å². The summed E-state index contributed by atoms with van der Waals surface area (Å²) < 4.78 is 5.63. The van der Waals surface area contributed by atoms with Gasteiger partial charge in [0.1, 0.15) is 11.6 Å². The summed E-state index contributed by atoms with van der Waals surface area (Å²) in [6.45, 7) is 5.32. The Morgan fingerprint density at radius 1 is 1.28 bits per heavy atom. The minimum atomic E-state index is 0.0555. The molecule has 0 unspecified atom stereocenters. The Morgan fingerprint density at radius 2 is 2.08 bits per heavy atom. The van der Waals surface area contributed by atoms with Gasteiger partial charge in [0.05, 0.1) is 17.9 Å². The molecule has 0 amide bonds. The number of fused-ring (bicyclic) bond motifs is 1. The van der Waals surface area contributed by atoms with Gasteiger partial charge in [0.15, 0.2) is 0 Å². The Bertz CT molecular complexity index is 794. The normalized spacial score (nSPS) is 17.3. The van der Waals surface area contributed by atoms with Crippen LogP contribution in [0.1, 0.15) is 54.7 Å². The first-order chi connectivity index (χ1) is 12.2. The van der Waals surface area contributed by atoms with Crippen molar-refractivity contribution in [3.8, 4) is 5.75 Å². The second kappa shape index (κ2) is 7.00. The Hall–Kier alpha value is -2.14. The highest BCUT2D eigenvalue weighted by atomic mass is 16.5. The van der Waals surface area contributed by atoms with Crippen LogP contribution in [0.25, 0.3) is 0 Å². The lowest BCUT2D eigenvalue weighted by Crippen LogP contribution is -2.35. The van der Waals surface area contributed by atoms with Crippen molar-refractivity contribution in [3.63, 3.8) is 0 Å². The Labute approximate surface area is 148 Å². The lowest BCUT2D eigenvalue weighted by Gasteiger charge is -2.27. The van der Waals surface area contributed by atoms with Crippen molar-refractivity contribution in [2.75, 3.05) is 13.2 Å². The Balaban J connectivity index is 1.43. The van der Waals surface area contributed by atoms with Crippen LogP contribution < -0.4 is 10.3 Å². The highest BCUT2D eigenvalue weighted by Gasteiger charge is 2.29. The van der Waals surface area contributed by atoms with Crippen LogP contribution >= 0.6 is 0 Å². The van der Waals surface area contributed by atoms with Crippen molar-refractivity contribution in [2.45, 2.75) is 51.6 Å². The van der Waals surface area contributed by atoms with Crippen molar-refractivity contribution in [1.29, 1.82) is 0 Å². The molecule has 1 aliphatic heterocycles. The maximum absolute atomic E-state index is 12.4. The summed E-state index contributed by atoms with van der Waals surface area (Å²) in [5.74, 6) is 2.31. The molecule has 1 fully saturated rings. The molecule has 25 heavy (non-hydrogen) atoms. The van der Waals surface area contributed by atoms with Crippen LogP contribution in [-0.2, 0) is 19.5 Å². The highest BCUT2D eigenvalue weighted by molar-refractivity contribution is 5.28. The molecule has 0 spiro atoms. The minimum Gasteiger partial charge on any atom is -0.494 e. The second-order valence-corrected chi connectivity index (χ2v) is 7.10. The number of hydrogen-bond acceptors (Lipinski definition) is 4. The number of aromatic amines is 1. The van der Waals surface area contributed by atoms with Gasteiger partial charge in [0.2, 0.25) is 0 Å². The fourth-order valence-corrected chi connectivity index (χ4v) is 3.35. The van der Waals surface area contributed by atoms with Crippen LogP contribution in [0, 0.1) is 0 Å². The highest BCUT2D eigenvalue weighted by Crippen LogP contribution is 2.37. The number of rotatable bonds is 6. The number of ether oxygens (including phenoxy) is 1. The smallest absolute Gasteiger partial charge is 0.255 e. The van der Waals surface area contributed by atoms with Crippen LogP contribution in [-0.4, -0.2) is 28.0 Å². The van der Waals surface area contributed by atoms with Gasteiger partial charge in [-0.1, -0.05) is 19.1 Å². The molecule has 1 N–H and O–H groups in total. The number of nitrogens with one attached hydrogen (secondary N) is 1. The zero-order valence-corrected chi connectivity index (χ0v) is 14.8. The first-order valence-electron chi connectivity index (χ1n) is 9.29. The van der Waals surface area contributed by atoms with E-state index in [2.05, 4.69) is 28.9 Å². The number of benzene rings is 1. The number of H-pyrrole nitrogens is 1. The number of hydrogen-bond donors (Lipinski definition) is 1. The van der Waals surface area contributed by atoms with Gasteiger partial charge in [-0.2, -0.15) is 0 Å². The fourth-order valence-electron chi connectivity index (χ4n) is 3.35. The van der Waals surface area contributed by atoms with Gasteiger partial charge in [0, 0.05) is 32.0 Å². The van der Waals surface area contributed by atoms with Gasteiger partial charge in [-0.25, -0.2) is 4.98 Å². The lowest BCUT2D eigenvalue weighted by atomic mass is 10.1. The van der Waals surface area contributed by atoms with Gasteiger partial charge < -0.3 is 9.72 Å². The molecule has 1 aliphatic carbocycles. The molecule has 132 valence electrons. The monoisotopic (exact) mass is 339 g/mol. The van der Waals surface area contributed by atoms with Gasteiger partial charge in [-0.05, 0) is 37.0 Å². The molecule has 1 aromatic carbocycles. The molecule has 0 atom stereocenters. The van der Waals surface area contributed by atoms with Gasteiger partial charge in [-0.3, -0.25) is 9.69 Å². The molecule has 2 aliphatic rings.